The number of aromatic nitrogens is 2. The molecule has 1 aliphatic carbocycles. The predicted octanol–water partition coefficient (Wildman–Crippen LogP) is 2.34. The van der Waals surface area contributed by atoms with E-state index in [0.717, 1.165) is 24.2 Å². The summed E-state index contributed by atoms with van der Waals surface area (Å²) >= 11 is 0. The van der Waals surface area contributed by atoms with Gasteiger partial charge in [-0.1, -0.05) is 18.2 Å². The summed E-state index contributed by atoms with van der Waals surface area (Å²) in [6.45, 7) is 1.88. The van der Waals surface area contributed by atoms with Crippen molar-refractivity contribution in [3.63, 3.8) is 0 Å². The number of anilines is 1. The average Bonchev–Trinajstić information content (AvgIpc) is 3.53. The van der Waals surface area contributed by atoms with E-state index in [1.165, 1.54) is 12.8 Å². The fourth-order valence-electron chi connectivity index (χ4n) is 4.41. The normalized spacial score (nSPS) is 21.6. The largest absolute Gasteiger partial charge is 0.363 e. The first-order valence-electron chi connectivity index (χ1n) is 10.4. The Bertz CT molecular complexity index is 927. The zero-order chi connectivity index (χ0) is 20.0. The molecule has 3 fully saturated rings. The molecule has 5 rings (SSSR count). The number of hydrogen-bond donors (Lipinski definition) is 0. The molecule has 1 aromatic carbocycles. The van der Waals surface area contributed by atoms with Gasteiger partial charge in [0.05, 0.1) is 17.8 Å². The van der Waals surface area contributed by atoms with Crippen LogP contribution in [-0.4, -0.2) is 58.3 Å². The summed E-state index contributed by atoms with van der Waals surface area (Å²) < 4.78 is 7.74. The van der Waals surface area contributed by atoms with E-state index in [1.54, 1.807) is 4.68 Å². The van der Waals surface area contributed by atoms with Crippen molar-refractivity contribution in [1.29, 1.82) is 0 Å². The minimum atomic E-state index is -0.383. The van der Waals surface area contributed by atoms with Gasteiger partial charge in [-0.25, -0.2) is 0 Å². The summed E-state index contributed by atoms with van der Waals surface area (Å²) in [6.07, 6.45) is 3.79. The Balaban J connectivity index is 1.27. The van der Waals surface area contributed by atoms with Gasteiger partial charge in [0.2, 0.25) is 0 Å². The number of carbonyl (C=O) groups is 2. The average molecular weight is 394 g/mol. The molecule has 2 aliphatic heterocycles. The van der Waals surface area contributed by atoms with E-state index in [-0.39, 0.29) is 24.0 Å². The summed E-state index contributed by atoms with van der Waals surface area (Å²) in [5, 5.41) is 4.52. The molecule has 3 heterocycles. The topological polar surface area (TPSA) is 67.7 Å². The molecule has 2 amide bonds. The third-order valence-electron chi connectivity index (χ3n) is 6.39. The molecule has 0 atom stereocenters. The van der Waals surface area contributed by atoms with Crippen LogP contribution in [0.15, 0.2) is 36.4 Å². The number of ether oxygens (including phenoxy) is 1. The summed E-state index contributed by atoms with van der Waals surface area (Å²) in [5.74, 6) is 0.556. The Labute approximate surface area is 170 Å². The maximum Gasteiger partial charge on any atom is 0.272 e. The highest BCUT2D eigenvalue weighted by Crippen LogP contribution is 2.39. The van der Waals surface area contributed by atoms with Gasteiger partial charge in [0.1, 0.15) is 12.3 Å². The molecular weight excluding hydrogens is 368 g/mol. The molecule has 29 heavy (non-hydrogen) atoms. The van der Waals surface area contributed by atoms with Gasteiger partial charge >= 0.3 is 0 Å². The van der Waals surface area contributed by atoms with Crippen LogP contribution in [0.1, 0.15) is 47.8 Å². The van der Waals surface area contributed by atoms with Crippen LogP contribution in [0.25, 0.3) is 0 Å². The van der Waals surface area contributed by atoms with E-state index < -0.39 is 0 Å². The molecule has 7 heteroatoms. The first-order valence-corrected chi connectivity index (χ1v) is 10.4. The third-order valence-corrected chi connectivity index (χ3v) is 6.39. The van der Waals surface area contributed by atoms with Gasteiger partial charge in [-0.15, -0.1) is 0 Å². The van der Waals surface area contributed by atoms with Gasteiger partial charge in [-0.2, -0.15) is 5.10 Å². The molecule has 1 saturated carbocycles. The number of carbonyl (C=O) groups excluding carboxylic acids is 2. The standard InChI is InChI=1S/C22H26N4O3/c1-24-19(13-18(23-24)16-7-8-16)21(28)25-11-9-22(10-12-25)15-26(20(27)14-29-22)17-5-3-2-4-6-17/h2-6,13,16H,7-12,14-15H2,1H3. The molecule has 0 unspecified atom stereocenters. The first-order chi connectivity index (χ1) is 14.0. The van der Waals surface area contributed by atoms with Gasteiger partial charge in [-0.3, -0.25) is 14.3 Å². The maximum absolute atomic E-state index is 13.0. The molecule has 1 spiro atoms. The van der Waals surface area contributed by atoms with Crippen molar-refractivity contribution in [2.75, 3.05) is 31.1 Å². The first kappa shape index (κ1) is 18.4. The fourth-order valence-corrected chi connectivity index (χ4v) is 4.41. The van der Waals surface area contributed by atoms with E-state index >= 15 is 0 Å². The Morgan fingerprint density at radius 2 is 1.90 bits per heavy atom. The number of piperidine rings is 1. The SMILES string of the molecule is Cn1nc(C2CC2)cc1C(=O)N1CCC2(CC1)CN(c1ccccc1)C(=O)CO2. The summed E-state index contributed by atoms with van der Waals surface area (Å²) in [6, 6.07) is 11.7. The van der Waals surface area contributed by atoms with Crippen molar-refractivity contribution in [1.82, 2.24) is 14.7 Å². The van der Waals surface area contributed by atoms with Crippen molar-refractivity contribution in [3.8, 4) is 0 Å². The van der Waals surface area contributed by atoms with Gasteiger partial charge < -0.3 is 14.5 Å². The zero-order valence-corrected chi connectivity index (χ0v) is 16.7. The molecule has 2 aromatic rings. The Morgan fingerprint density at radius 3 is 2.59 bits per heavy atom. The van der Waals surface area contributed by atoms with Gasteiger partial charge in [0, 0.05) is 31.7 Å². The van der Waals surface area contributed by atoms with E-state index in [1.807, 2.05) is 53.2 Å². The number of hydrogen-bond acceptors (Lipinski definition) is 4. The molecule has 0 N–H and O–H groups in total. The van der Waals surface area contributed by atoms with Crippen LogP contribution in [0.2, 0.25) is 0 Å². The van der Waals surface area contributed by atoms with Crippen LogP contribution in [0, 0.1) is 0 Å². The Kier molecular flexibility index (Phi) is 4.42. The van der Waals surface area contributed by atoms with Gasteiger partial charge in [-0.05, 0) is 43.9 Å². The predicted molar refractivity (Wildman–Crippen MR) is 108 cm³/mol. The van der Waals surface area contributed by atoms with Crippen LogP contribution < -0.4 is 4.90 Å². The van der Waals surface area contributed by atoms with Crippen LogP contribution in [0.5, 0.6) is 0 Å². The van der Waals surface area contributed by atoms with E-state index in [9.17, 15) is 9.59 Å². The summed E-state index contributed by atoms with van der Waals surface area (Å²) in [4.78, 5) is 29.2. The highest BCUT2D eigenvalue weighted by atomic mass is 16.5. The van der Waals surface area contributed by atoms with Crippen molar-refractivity contribution in [2.24, 2.45) is 7.05 Å². The molecule has 1 aromatic heterocycles. The van der Waals surface area contributed by atoms with Crippen LogP contribution >= 0.6 is 0 Å². The van der Waals surface area contributed by atoms with E-state index in [4.69, 9.17) is 4.74 Å². The van der Waals surface area contributed by atoms with Crippen molar-refractivity contribution in [2.45, 2.75) is 37.2 Å². The number of benzene rings is 1. The van der Waals surface area contributed by atoms with Crippen molar-refractivity contribution >= 4 is 17.5 Å². The van der Waals surface area contributed by atoms with E-state index in [2.05, 4.69) is 5.10 Å². The van der Waals surface area contributed by atoms with Crippen LogP contribution in [0.4, 0.5) is 5.69 Å². The van der Waals surface area contributed by atoms with Gasteiger partial charge in [0.25, 0.3) is 11.8 Å². The number of rotatable bonds is 3. The molecular formula is C22H26N4O3. The highest BCUT2D eigenvalue weighted by Gasteiger charge is 2.43. The number of amides is 2. The number of likely N-dealkylation sites (tertiary alicyclic amines) is 1. The molecule has 7 nitrogen and oxygen atoms in total. The molecule has 2 saturated heterocycles. The summed E-state index contributed by atoms with van der Waals surface area (Å²) in [5.41, 5.74) is 2.22. The van der Waals surface area contributed by atoms with Crippen LogP contribution in [-0.2, 0) is 16.6 Å². The Morgan fingerprint density at radius 1 is 1.17 bits per heavy atom. The third kappa shape index (κ3) is 3.44. The molecule has 0 radical (unpaired) electrons. The second-order valence-corrected chi connectivity index (χ2v) is 8.43. The lowest BCUT2D eigenvalue weighted by molar-refractivity contribution is -0.143. The summed E-state index contributed by atoms with van der Waals surface area (Å²) in [7, 11) is 1.85. The fraction of sp³-hybridized carbons (Fsp3) is 0.500. The van der Waals surface area contributed by atoms with Gasteiger partial charge in [0.15, 0.2) is 0 Å². The molecule has 3 aliphatic rings. The minimum Gasteiger partial charge on any atom is -0.363 e. The monoisotopic (exact) mass is 394 g/mol. The molecule has 152 valence electrons. The lowest BCUT2D eigenvalue weighted by Gasteiger charge is -2.46. The number of nitrogens with zero attached hydrogens (tertiary/aromatic N) is 4. The van der Waals surface area contributed by atoms with E-state index in [0.29, 0.717) is 31.2 Å². The van der Waals surface area contributed by atoms with Crippen LogP contribution in [0.3, 0.4) is 0 Å². The Hall–Kier alpha value is -2.67. The lowest BCUT2D eigenvalue weighted by atomic mass is 9.89. The smallest absolute Gasteiger partial charge is 0.272 e. The molecule has 0 bridgehead atoms. The lowest BCUT2D eigenvalue weighted by Crippen LogP contribution is -2.59. The minimum absolute atomic E-state index is 0.0113. The highest BCUT2D eigenvalue weighted by molar-refractivity contribution is 5.95. The number of aryl methyl sites for hydroxylation is 1. The quantitative estimate of drug-likeness (QED) is 0.801. The second kappa shape index (κ2) is 6.99. The van der Waals surface area contributed by atoms with Crippen molar-refractivity contribution in [3.05, 3.63) is 47.8 Å². The van der Waals surface area contributed by atoms with Crippen molar-refractivity contribution < 1.29 is 14.3 Å². The maximum atomic E-state index is 13.0. The number of morpholine rings is 1. The number of para-hydroxylation sites is 1. The second-order valence-electron chi connectivity index (χ2n) is 8.43. The zero-order valence-electron chi connectivity index (χ0n) is 16.7.